The van der Waals surface area contributed by atoms with Gasteiger partial charge in [-0.1, -0.05) is 0 Å². The van der Waals surface area contributed by atoms with E-state index in [0.717, 1.165) is 55.6 Å². The number of piperazine rings is 1. The van der Waals surface area contributed by atoms with Gasteiger partial charge in [0.15, 0.2) is 11.6 Å². The van der Waals surface area contributed by atoms with E-state index >= 15 is 0 Å². The predicted molar refractivity (Wildman–Crippen MR) is 94.8 cm³/mol. The summed E-state index contributed by atoms with van der Waals surface area (Å²) in [4.78, 5) is 16.4. The summed E-state index contributed by atoms with van der Waals surface area (Å²) < 4.78 is 1.81. The summed E-state index contributed by atoms with van der Waals surface area (Å²) in [5.41, 5.74) is 2.01. The smallest absolute Gasteiger partial charge is 0.222 e. The summed E-state index contributed by atoms with van der Waals surface area (Å²) in [6, 6.07) is 5.96. The number of amides is 1. The minimum Gasteiger partial charge on any atom is -0.352 e. The van der Waals surface area contributed by atoms with Crippen LogP contribution in [0, 0.1) is 19.8 Å². The molecule has 0 spiro atoms. The number of hydrogen-bond donors (Lipinski definition) is 0. The van der Waals surface area contributed by atoms with Crippen LogP contribution in [0.5, 0.6) is 0 Å². The first-order chi connectivity index (χ1) is 12.1. The lowest BCUT2D eigenvalue weighted by atomic mass is 10.2. The van der Waals surface area contributed by atoms with Gasteiger partial charge < -0.3 is 9.80 Å². The number of carbonyl (C=O) groups is 1. The largest absolute Gasteiger partial charge is 0.352 e. The van der Waals surface area contributed by atoms with Gasteiger partial charge in [0.1, 0.15) is 0 Å². The molecular formula is C18H24N6O. The van der Waals surface area contributed by atoms with Crippen LogP contribution in [-0.4, -0.2) is 57.0 Å². The lowest BCUT2D eigenvalue weighted by Crippen LogP contribution is -2.49. The van der Waals surface area contributed by atoms with Gasteiger partial charge in [-0.3, -0.25) is 4.79 Å². The highest BCUT2D eigenvalue weighted by atomic mass is 16.2. The highest BCUT2D eigenvalue weighted by molar-refractivity contribution is 5.77. The first-order valence-corrected chi connectivity index (χ1v) is 9.00. The lowest BCUT2D eigenvalue weighted by molar-refractivity contribution is -0.131. The van der Waals surface area contributed by atoms with Crippen LogP contribution in [0.3, 0.4) is 0 Å². The molecule has 0 aromatic carbocycles. The third-order valence-electron chi connectivity index (χ3n) is 4.98. The molecule has 7 nitrogen and oxygen atoms in total. The van der Waals surface area contributed by atoms with Gasteiger partial charge in [-0.15, -0.1) is 10.2 Å². The fourth-order valence-electron chi connectivity index (χ4n) is 3.34. The van der Waals surface area contributed by atoms with Crippen LogP contribution in [0.1, 0.15) is 30.7 Å². The third-order valence-corrected chi connectivity index (χ3v) is 4.98. The van der Waals surface area contributed by atoms with Gasteiger partial charge >= 0.3 is 0 Å². The van der Waals surface area contributed by atoms with E-state index in [1.54, 1.807) is 4.68 Å². The van der Waals surface area contributed by atoms with Gasteiger partial charge in [-0.2, -0.15) is 5.10 Å². The van der Waals surface area contributed by atoms with E-state index in [1.807, 2.05) is 36.9 Å². The maximum absolute atomic E-state index is 12.2. The quantitative estimate of drug-likeness (QED) is 0.848. The number of carbonyl (C=O) groups excluding carboxylic acids is 1. The van der Waals surface area contributed by atoms with Gasteiger partial charge in [0.25, 0.3) is 0 Å². The van der Waals surface area contributed by atoms with Gasteiger partial charge in [0, 0.05) is 38.3 Å². The van der Waals surface area contributed by atoms with Crippen molar-refractivity contribution in [3.05, 3.63) is 29.6 Å². The molecule has 0 unspecified atom stereocenters. The van der Waals surface area contributed by atoms with Gasteiger partial charge in [-0.25, -0.2) is 4.68 Å². The van der Waals surface area contributed by atoms with Crippen LogP contribution in [0.25, 0.3) is 5.82 Å². The predicted octanol–water partition coefficient (Wildman–Crippen LogP) is 1.73. The number of anilines is 1. The Bertz CT molecular complexity index is 756. The van der Waals surface area contributed by atoms with Crippen molar-refractivity contribution < 1.29 is 4.79 Å². The molecule has 1 saturated carbocycles. The average Bonchev–Trinajstić information content (AvgIpc) is 3.37. The Balaban J connectivity index is 1.38. The summed E-state index contributed by atoms with van der Waals surface area (Å²) in [7, 11) is 0. The monoisotopic (exact) mass is 340 g/mol. The zero-order valence-corrected chi connectivity index (χ0v) is 14.9. The number of hydrogen-bond acceptors (Lipinski definition) is 5. The second kappa shape index (κ2) is 6.46. The van der Waals surface area contributed by atoms with Gasteiger partial charge in [0.05, 0.1) is 5.69 Å². The Morgan fingerprint density at radius 2 is 1.76 bits per heavy atom. The first-order valence-electron chi connectivity index (χ1n) is 9.00. The van der Waals surface area contributed by atoms with Crippen molar-refractivity contribution in [3.63, 3.8) is 0 Å². The van der Waals surface area contributed by atoms with Crippen molar-refractivity contribution in [2.45, 2.75) is 33.1 Å². The van der Waals surface area contributed by atoms with Gasteiger partial charge in [-0.05, 0) is 50.8 Å². The number of nitrogens with zero attached hydrogens (tertiary/aromatic N) is 6. The molecule has 2 fully saturated rings. The molecular weight excluding hydrogens is 316 g/mol. The SMILES string of the molecule is Cc1cc(C)n(-c2ccc(N3CCN(C(=O)CC4CC4)CC3)nn2)n1. The Morgan fingerprint density at radius 1 is 1.08 bits per heavy atom. The molecule has 0 N–H and O–H groups in total. The van der Waals surface area contributed by atoms with Crippen LogP contribution in [-0.2, 0) is 4.79 Å². The lowest BCUT2D eigenvalue weighted by Gasteiger charge is -2.35. The molecule has 132 valence electrons. The molecule has 25 heavy (non-hydrogen) atoms. The number of aromatic nitrogens is 4. The molecule has 1 saturated heterocycles. The minimum absolute atomic E-state index is 0.313. The molecule has 0 bridgehead atoms. The fourth-order valence-corrected chi connectivity index (χ4v) is 3.34. The Hall–Kier alpha value is -2.44. The van der Waals surface area contributed by atoms with E-state index in [0.29, 0.717) is 11.8 Å². The molecule has 2 aliphatic rings. The molecule has 0 radical (unpaired) electrons. The average molecular weight is 340 g/mol. The number of aryl methyl sites for hydroxylation is 2. The summed E-state index contributed by atoms with van der Waals surface area (Å²) in [6.07, 6.45) is 3.18. The topological polar surface area (TPSA) is 67.2 Å². The zero-order valence-electron chi connectivity index (χ0n) is 14.9. The second-order valence-corrected chi connectivity index (χ2v) is 7.10. The van der Waals surface area contributed by atoms with Crippen molar-refractivity contribution in [1.82, 2.24) is 24.9 Å². The van der Waals surface area contributed by atoms with Crippen LogP contribution in [0.2, 0.25) is 0 Å². The summed E-state index contributed by atoms with van der Waals surface area (Å²) in [5, 5.41) is 13.1. The Kier molecular flexibility index (Phi) is 4.15. The first kappa shape index (κ1) is 16.1. The molecule has 1 aliphatic heterocycles. The Morgan fingerprint density at radius 3 is 2.32 bits per heavy atom. The normalized spacial score (nSPS) is 17.8. The van der Waals surface area contributed by atoms with Crippen molar-refractivity contribution in [1.29, 1.82) is 0 Å². The van der Waals surface area contributed by atoms with E-state index < -0.39 is 0 Å². The van der Waals surface area contributed by atoms with Crippen molar-refractivity contribution in [2.75, 3.05) is 31.1 Å². The summed E-state index contributed by atoms with van der Waals surface area (Å²) >= 11 is 0. The summed E-state index contributed by atoms with van der Waals surface area (Å²) in [6.45, 7) is 7.14. The van der Waals surface area contributed by atoms with Gasteiger partial charge in [0.2, 0.25) is 5.91 Å². The molecule has 1 amide bonds. The highest BCUT2D eigenvalue weighted by Crippen LogP contribution is 2.33. The van der Waals surface area contributed by atoms with E-state index in [2.05, 4.69) is 20.2 Å². The molecule has 2 aromatic heterocycles. The summed E-state index contributed by atoms with van der Waals surface area (Å²) in [5.74, 6) is 2.55. The van der Waals surface area contributed by atoms with Crippen LogP contribution in [0.15, 0.2) is 18.2 Å². The van der Waals surface area contributed by atoms with Crippen molar-refractivity contribution >= 4 is 11.7 Å². The maximum Gasteiger partial charge on any atom is 0.222 e. The van der Waals surface area contributed by atoms with Crippen LogP contribution >= 0.6 is 0 Å². The Labute approximate surface area is 147 Å². The molecule has 2 aromatic rings. The molecule has 7 heteroatoms. The van der Waals surface area contributed by atoms with E-state index in [-0.39, 0.29) is 0 Å². The highest BCUT2D eigenvalue weighted by Gasteiger charge is 2.28. The van der Waals surface area contributed by atoms with Crippen molar-refractivity contribution in [2.24, 2.45) is 5.92 Å². The van der Waals surface area contributed by atoms with E-state index in [4.69, 9.17) is 0 Å². The zero-order chi connectivity index (χ0) is 17.4. The molecule has 0 atom stereocenters. The van der Waals surface area contributed by atoms with E-state index in [1.165, 1.54) is 12.8 Å². The van der Waals surface area contributed by atoms with Crippen molar-refractivity contribution in [3.8, 4) is 5.82 Å². The third kappa shape index (κ3) is 3.50. The molecule has 4 rings (SSSR count). The minimum atomic E-state index is 0.313. The molecule has 3 heterocycles. The fraction of sp³-hybridized carbons (Fsp3) is 0.556. The maximum atomic E-state index is 12.2. The standard InChI is InChI=1S/C18H24N6O/c1-13-11-14(2)24(21-13)17-6-5-16(19-20-17)22-7-9-23(10-8-22)18(25)12-15-3-4-15/h5-6,11,15H,3-4,7-10,12H2,1-2H3. The van der Waals surface area contributed by atoms with Crippen LogP contribution in [0.4, 0.5) is 5.82 Å². The second-order valence-electron chi connectivity index (χ2n) is 7.10. The van der Waals surface area contributed by atoms with E-state index in [9.17, 15) is 4.79 Å². The van der Waals surface area contributed by atoms with Crippen LogP contribution < -0.4 is 4.90 Å². The number of rotatable bonds is 4. The molecule has 1 aliphatic carbocycles.